The second-order valence-electron chi connectivity index (χ2n) is 4.12. The van der Waals surface area contributed by atoms with Crippen LogP contribution in [0.1, 0.15) is 5.56 Å². The number of halogens is 1. The van der Waals surface area contributed by atoms with E-state index < -0.39 is 5.97 Å². The third kappa shape index (κ3) is 3.26. The predicted molar refractivity (Wildman–Crippen MR) is 74.8 cm³/mol. The van der Waals surface area contributed by atoms with E-state index in [0.29, 0.717) is 16.3 Å². The number of carbonyl (C=O) groups is 1. The van der Waals surface area contributed by atoms with Crippen molar-refractivity contribution in [2.24, 2.45) is 0 Å². The average Bonchev–Trinajstić information content (AvgIpc) is 2.38. The number of methoxy groups -OCH3 is 1. The lowest BCUT2D eigenvalue weighted by Gasteiger charge is -2.09. The largest absolute Gasteiger partial charge is 0.497 e. The molecule has 19 heavy (non-hydrogen) atoms. The summed E-state index contributed by atoms with van der Waals surface area (Å²) in [6.45, 7) is 0. The molecule has 0 heterocycles. The first kappa shape index (κ1) is 13.4. The summed E-state index contributed by atoms with van der Waals surface area (Å²) in [5, 5.41) is 9.50. The zero-order valence-corrected chi connectivity index (χ0v) is 11.1. The van der Waals surface area contributed by atoms with Crippen molar-refractivity contribution in [1.82, 2.24) is 0 Å². The number of rotatable bonds is 4. The van der Waals surface area contributed by atoms with Crippen molar-refractivity contribution < 1.29 is 14.6 Å². The topological polar surface area (TPSA) is 46.5 Å². The molecule has 0 atom stereocenters. The molecule has 4 heteroatoms. The van der Waals surface area contributed by atoms with Gasteiger partial charge in [0.2, 0.25) is 0 Å². The van der Waals surface area contributed by atoms with Gasteiger partial charge in [-0.2, -0.15) is 0 Å². The maximum atomic E-state index is 10.8. The summed E-state index contributed by atoms with van der Waals surface area (Å²) >= 11 is 6.16. The molecule has 2 aromatic rings. The minimum absolute atomic E-state index is 0.0470. The van der Waals surface area contributed by atoms with Crippen LogP contribution in [0.4, 0.5) is 0 Å². The van der Waals surface area contributed by atoms with Gasteiger partial charge in [-0.1, -0.05) is 35.9 Å². The highest BCUT2D eigenvalue weighted by Crippen LogP contribution is 2.31. The average molecular weight is 277 g/mol. The standard InChI is InChI=1S/C15H13ClO3/c1-19-12-7-10(8-15(17)18)6-11(9-12)13-4-2-3-5-14(13)16/h2-7,9H,8H2,1H3,(H,17,18). The van der Waals surface area contributed by atoms with E-state index in [-0.39, 0.29) is 6.42 Å². The van der Waals surface area contributed by atoms with Crippen LogP contribution in [-0.2, 0) is 11.2 Å². The highest BCUT2D eigenvalue weighted by Gasteiger charge is 2.08. The molecule has 0 aliphatic carbocycles. The van der Waals surface area contributed by atoms with Crippen LogP contribution in [-0.4, -0.2) is 18.2 Å². The molecular weight excluding hydrogens is 264 g/mol. The number of carboxylic acid groups (broad SMARTS) is 1. The first-order valence-corrected chi connectivity index (χ1v) is 6.12. The molecular formula is C15H13ClO3. The first-order valence-electron chi connectivity index (χ1n) is 5.75. The van der Waals surface area contributed by atoms with Crippen LogP contribution in [0.5, 0.6) is 5.75 Å². The highest BCUT2D eigenvalue weighted by atomic mass is 35.5. The van der Waals surface area contributed by atoms with E-state index >= 15 is 0 Å². The van der Waals surface area contributed by atoms with Crippen LogP contribution in [0.15, 0.2) is 42.5 Å². The number of aliphatic carboxylic acids is 1. The zero-order valence-electron chi connectivity index (χ0n) is 10.4. The molecule has 2 aromatic carbocycles. The van der Waals surface area contributed by atoms with Gasteiger partial charge in [-0.15, -0.1) is 0 Å². The number of carboxylic acids is 1. The minimum atomic E-state index is -0.877. The molecule has 1 N–H and O–H groups in total. The van der Waals surface area contributed by atoms with E-state index in [9.17, 15) is 4.79 Å². The Hall–Kier alpha value is -2.00. The highest BCUT2D eigenvalue weighted by molar-refractivity contribution is 6.33. The fourth-order valence-electron chi connectivity index (χ4n) is 1.91. The molecule has 0 radical (unpaired) electrons. The lowest BCUT2D eigenvalue weighted by Crippen LogP contribution is -2.00. The van der Waals surface area contributed by atoms with Gasteiger partial charge in [0.05, 0.1) is 13.5 Å². The Labute approximate surface area is 116 Å². The Kier molecular flexibility index (Phi) is 4.07. The van der Waals surface area contributed by atoms with Crippen molar-refractivity contribution in [3.63, 3.8) is 0 Å². The van der Waals surface area contributed by atoms with Gasteiger partial charge < -0.3 is 9.84 Å². The second kappa shape index (κ2) is 5.76. The number of benzene rings is 2. The maximum Gasteiger partial charge on any atom is 0.307 e. The van der Waals surface area contributed by atoms with Crippen LogP contribution in [0, 0.1) is 0 Å². The predicted octanol–water partition coefficient (Wildman–Crippen LogP) is 3.64. The van der Waals surface area contributed by atoms with Crippen molar-refractivity contribution in [1.29, 1.82) is 0 Å². The quantitative estimate of drug-likeness (QED) is 0.927. The van der Waals surface area contributed by atoms with Crippen LogP contribution >= 0.6 is 11.6 Å². The summed E-state index contributed by atoms with van der Waals surface area (Å²) in [5.41, 5.74) is 2.39. The van der Waals surface area contributed by atoms with E-state index in [1.807, 2.05) is 30.3 Å². The van der Waals surface area contributed by atoms with Crippen LogP contribution in [0.25, 0.3) is 11.1 Å². The summed E-state index contributed by atoms with van der Waals surface area (Å²) in [6.07, 6.45) is -0.0470. The molecule has 98 valence electrons. The Morgan fingerprint density at radius 1 is 1.26 bits per heavy atom. The molecule has 3 nitrogen and oxygen atoms in total. The molecule has 0 saturated heterocycles. The summed E-state index contributed by atoms with van der Waals surface area (Å²) < 4.78 is 5.20. The van der Waals surface area contributed by atoms with Gasteiger partial charge in [-0.05, 0) is 29.3 Å². The molecule has 0 unspecified atom stereocenters. The van der Waals surface area contributed by atoms with E-state index in [1.54, 1.807) is 19.2 Å². The fraction of sp³-hybridized carbons (Fsp3) is 0.133. The minimum Gasteiger partial charge on any atom is -0.497 e. The summed E-state index contributed by atoms with van der Waals surface area (Å²) in [5.74, 6) is -0.257. The van der Waals surface area contributed by atoms with Crippen molar-refractivity contribution in [2.45, 2.75) is 6.42 Å². The van der Waals surface area contributed by atoms with E-state index in [4.69, 9.17) is 21.4 Å². The molecule has 0 amide bonds. The number of hydrogen-bond acceptors (Lipinski definition) is 2. The molecule has 2 rings (SSSR count). The lowest BCUT2D eigenvalue weighted by atomic mass is 10.0. The van der Waals surface area contributed by atoms with Crippen molar-refractivity contribution >= 4 is 17.6 Å². The molecule has 0 spiro atoms. The Bertz CT molecular complexity index is 608. The third-order valence-corrected chi connectivity index (χ3v) is 3.07. The van der Waals surface area contributed by atoms with Gasteiger partial charge in [0.25, 0.3) is 0 Å². The smallest absolute Gasteiger partial charge is 0.307 e. The molecule has 0 aromatic heterocycles. The zero-order chi connectivity index (χ0) is 13.8. The summed E-state index contributed by atoms with van der Waals surface area (Å²) in [4.78, 5) is 10.8. The van der Waals surface area contributed by atoms with Gasteiger partial charge in [-0.3, -0.25) is 4.79 Å². The van der Waals surface area contributed by atoms with E-state index in [2.05, 4.69) is 0 Å². The number of hydrogen-bond donors (Lipinski definition) is 1. The van der Waals surface area contributed by atoms with Gasteiger partial charge in [0.15, 0.2) is 0 Å². The normalized spacial score (nSPS) is 10.2. The fourth-order valence-corrected chi connectivity index (χ4v) is 2.15. The van der Waals surface area contributed by atoms with Crippen molar-refractivity contribution in [2.75, 3.05) is 7.11 Å². The van der Waals surface area contributed by atoms with Crippen LogP contribution in [0.2, 0.25) is 5.02 Å². The van der Waals surface area contributed by atoms with Gasteiger partial charge >= 0.3 is 5.97 Å². The first-order chi connectivity index (χ1) is 9.10. The Balaban J connectivity index is 2.51. The summed E-state index contributed by atoms with van der Waals surface area (Å²) in [6, 6.07) is 12.8. The Morgan fingerprint density at radius 3 is 2.63 bits per heavy atom. The molecule has 0 fully saturated rings. The molecule has 0 saturated carbocycles. The molecule has 0 aliphatic rings. The third-order valence-electron chi connectivity index (χ3n) is 2.74. The Morgan fingerprint density at radius 2 is 2.00 bits per heavy atom. The summed E-state index contributed by atoms with van der Waals surface area (Å²) in [7, 11) is 1.55. The monoisotopic (exact) mass is 276 g/mol. The molecule has 0 bridgehead atoms. The lowest BCUT2D eigenvalue weighted by molar-refractivity contribution is -0.136. The maximum absolute atomic E-state index is 10.8. The van der Waals surface area contributed by atoms with Crippen molar-refractivity contribution in [3.05, 3.63) is 53.1 Å². The second-order valence-corrected chi connectivity index (χ2v) is 4.53. The van der Waals surface area contributed by atoms with Crippen LogP contribution in [0.3, 0.4) is 0 Å². The van der Waals surface area contributed by atoms with Crippen molar-refractivity contribution in [3.8, 4) is 16.9 Å². The SMILES string of the molecule is COc1cc(CC(=O)O)cc(-c2ccccc2Cl)c1. The van der Waals surface area contributed by atoms with Gasteiger partial charge in [0, 0.05) is 10.6 Å². The van der Waals surface area contributed by atoms with Gasteiger partial charge in [-0.25, -0.2) is 0 Å². The number of ether oxygens (including phenoxy) is 1. The van der Waals surface area contributed by atoms with Crippen LogP contribution < -0.4 is 4.74 Å². The van der Waals surface area contributed by atoms with Gasteiger partial charge in [0.1, 0.15) is 5.75 Å². The molecule has 0 aliphatic heterocycles. The van der Waals surface area contributed by atoms with E-state index in [0.717, 1.165) is 11.1 Å². The van der Waals surface area contributed by atoms with E-state index in [1.165, 1.54) is 0 Å².